The van der Waals surface area contributed by atoms with E-state index < -0.39 is 0 Å². The molecule has 3 nitrogen and oxygen atoms in total. The summed E-state index contributed by atoms with van der Waals surface area (Å²) >= 11 is 1.67. The molecule has 20 heavy (non-hydrogen) atoms. The normalized spacial score (nSPS) is 13.7. The lowest BCUT2D eigenvalue weighted by Crippen LogP contribution is -2.36. The molecule has 3 N–H and O–H groups in total. The Balaban J connectivity index is 2.12. The van der Waals surface area contributed by atoms with Crippen molar-refractivity contribution in [1.82, 2.24) is 5.32 Å². The Kier molecular flexibility index (Phi) is 5.32. The Morgan fingerprint density at radius 2 is 2.00 bits per heavy atom. The van der Waals surface area contributed by atoms with Crippen molar-refractivity contribution in [1.29, 1.82) is 0 Å². The predicted octanol–water partition coefficient (Wildman–Crippen LogP) is 2.74. The molecule has 1 aromatic heterocycles. The van der Waals surface area contributed by atoms with Crippen LogP contribution in [0.1, 0.15) is 23.4 Å². The monoisotopic (exact) mass is 288 g/mol. The molecule has 0 aliphatic heterocycles. The molecule has 0 aliphatic carbocycles. The first kappa shape index (κ1) is 14.8. The van der Waals surface area contributed by atoms with Gasteiger partial charge in [-0.15, -0.1) is 11.3 Å². The van der Waals surface area contributed by atoms with Crippen LogP contribution in [0.15, 0.2) is 47.8 Å². The fourth-order valence-electron chi connectivity index (χ4n) is 1.98. The number of benzene rings is 1. The number of hydrogen-bond donors (Lipinski definition) is 2. The molecule has 0 saturated heterocycles. The van der Waals surface area contributed by atoms with Crippen LogP contribution in [-0.2, 0) is 11.2 Å². The third-order valence-corrected chi connectivity index (χ3v) is 4.27. The zero-order valence-electron chi connectivity index (χ0n) is 11.6. The van der Waals surface area contributed by atoms with Crippen LogP contribution in [0.4, 0.5) is 0 Å². The van der Waals surface area contributed by atoms with E-state index in [1.807, 2.05) is 36.6 Å². The van der Waals surface area contributed by atoms with Crippen molar-refractivity contribution >= 4 is 17.2 Å². The molecular formula is C16H20N2OS. The van der Waals surface area contributed by atoms with Crippen LogP contribution >= 0.6 is 11.3 Å². The number of carbonyl (C=O) groups is 1. The second kappa shape index (κ2) is 7.22. The van der Waals surface area contributed by atoms with Crippen LogP contribution in [0.5, 0.6) is 0 Å². The summed E-state index contributed by atoms with van der Waals surface area (Å²) in [7, 11) is 0. The minimum Gasteiger partial charge on any atom is -0.348 e. The Labute approximate surface area is 123 Å². The van der Waals surface area contributed by atoms with Gasteiger partial charge >= 0.3 is 0 Å². The minimum atomic E-state index is -0.159. The van der Waals surface area contributed by atoms with Crippen molar-refractivity contribution in [2.75, 3.05) is 6.54 Å². The van der Waals surface area contributed by atoms with E-state index in [1.54, 1.807) is 11.3 Å². The van der Waals surface area contributed by atoms with Gasteiger partial charge < -0.3 is 11.1 Å². The summed E-state index contributed by atoms with van der Waals surface area (Å²) in [4.78, 5) is 13.3. The highest BCUT2D eigenvalue weighted by Crippen LogP contribution is 2.23. The van der Waals surface area contributed by atoms with E-state index in [0.29, 0.717) is 6.54 Å². The van der Waals surface area contributed by atoms with E-state index >= 15 is 0 Å². The number of nitrogens with two attached hydrogens (primary N) is 1. The molecule has 0 bridgehead atoms. The van der Waals surface area contributed by atoms with Gasteiger partial charge in [0, 0.05) is 17.3 Å². The SMILES string of the molecule is CC(CN)C(=O)NC(Cc1ccccc1)c1cccs1. The number of rotatable bonds is 6. The van der Waals surface area contributed by atoms with E-state index in [1.165, 1.54) is 10.4 Å². The first-order valence-electron chi connectivity index (χ1n) is 6.78. The number of amides is 1. The molecule has 106 valence electrons. The second-order valence-corrected chi connectivity index (χ2v) is 5.88. The van der Waals surface area contributed by atoms with Crippen molar-refractivity contribution < 1.29 is 4.79 Å². The Morgan fingerprint density at radius 1 is 1.25 bits per heavy atom. The number of nitrogens with one attached hydrogen (secondary N) is 1. The van der Waals surface area contributed by atoms with Gasteiger partial charge in [0.15, 0.2) is 0 Å². The van der Waals surface area contributed by atoms with Gasteiger partial charge in [-0.3, -0.25) is 4.79 Å². The summed E-state index contributed by atoms with van der Waals surface area (Å²) in [6.07, 6.45) is 0.796. The van der Waals surface area contributed by atoms with Crippen molar-refractivity contribution in [2.24, 2.45) is 11.7 Å². The molecule has 1 amide bonds. The van der Waals surface area contributed by atoms with Gasteiger partial charge in [0.1, 0.15) is 0 Å². The summed E-state index contributed by atoms with van der Waals surface area (Å²) in [6.45, 7) is 2.22. The lowest BCUT2D eigenvalue weighted by atomic mass is 10.0. The van der Waals surface area contributed by atoms with Crippen LogP contribution in [0.2, 0.25) is 0 Å². The summed E-state index contributed by atoms with van der Waals surface area (Å²) in [6, 6.07) is 14.3. The van der Waals surface area contributed by atoms with Gasteiger partial charge in [-0.05, 0) is 23.4 Å². The quantitative estimate of drug-likeness (QED) is 0.858. The summed E-state index contributed by atoms with van der Waals surface area (Å²) in [5.74, 6) is -0.143. The van der Waals surface area contributed by atoms with E-state index in [9.17, 15) is 4.79 Å². The fourth-order valence-corrected chi connectivity index (χ4v) is 2.76. The Morgan fingerprint density at radius 3 is 2.60 bits per heavy atom. The molecule has 2 aromatic rings. The number of hydrogen-bond acceptors (Lipinski definition) is 3. The fraction of sp³-hybridized carbons (Fsp3) is 0.312. The van der Waals surface area contributed by atoms with Crippen LogP contribution in [0.3, 0.4) is 0 Å². The zero-order valence-corrected chi connectivity index (χ0v) is 12.4. The molecule has 4 heteroatoms. The molecule has 0 spiro atoms. The smallest absolute Gasteiger partial charge is 0.224 e. The van der Waals surface area contributed by atoms with Crippen LogP contribution < -0.4 is 11.1 Å². The molecule has 2 unspecified atom stereocenters. The highest BCUT2D eigenvalue weighted by molar-refractivity contribution is 7.10. The molecule has 1 heterocycles. The maximum Gasteiger partial charge on any atom is 0.224 e. The lowest BCUT2D eigenvalue weighted by Gasteiger charge is -2.20. The van der Waals surface area contributed by atoms with Gasteiger partial charge in [0.05, 0.1) is 6.04 Å². The van der Waals surface area contributed by atoms with E-state index in [0.717, 1.165) is 6.42 Å². The number of carbonyl (C=O) groups excluding carboxylic acids is 1. The highest BCUT2D eigenvalue weighted by Gasteiger charge is 2.19. The van der Waals surface area contributed by atoms with Crippen LogP contribution in [-0.4, -0.2) is 12.5 Å². The molecule has 0 radical (unpaired) electrons. The topological polar surface area (TPSA) is 55.1 Å². The summed E-state index contributed by atoms with van der Waals surface area (Å²) in [5.41, 5.74) is 6.78. The van der Waals surface area contributed by atoms with Gasteiger partial charge in [-0.2, -0.15) is 0 Å². The molecule has 0 fully saturated rings. The third-order valence-electron chi connectivity index (χ3n) is 3.29. The summed E-state index contributed by atoms with van der Waals surface area (Å²) in [5, 5.41) is 5.14. The standard InChI is InChI=1S/C16H20N2OS/c1-12(11-17)16(19)18-14(15-8-5-9-20-15)10-13-6-3-2-4-7-13/h2-9,12,14H,10-11,17H2,1H3,(H,18,19). The molecule has 1 aromatic carbocycles. The summed E-state index contributed by atoms with van der Waals surface area (Å²) < 4.78 is 0. The molecule has 0 saturated carbocycles. The second-order valence-electron chi connectivity index (χ2n) is 4.90. The lowest BCUT2D eigenvalue weighted by molar-refractivity contribution is -0.124. The van der Waals surface area contributed by atoms with E-state index in [2.05, 4.69) is 23.5 Å². The average Bonchev–Trinajstić information content (AvgIpc) is 3.01. The predicted molar refractivity (Wildman–Crippen MR) is 83.6 cm³/mol. The first-order chi connectivity index (χ1) is 9.70. The third kappa shape index (κ3) is 3.92. The van der Waals surface area contributed by atoms with E-state index in [4.69, 9.17) is 5.73 Å². The maximum atomic E-state index is 12.1. The van der Waals surface area contributed by atoms with Gasteiger partial charge in [-0.1, -0.05) is 43.3 Å². The first-order valence-corrected chi connectivity index (χ1v) is 7.66. The average molecular weight is 288 g/mol. The molecule has 2 atom stereocenters. The largest absolute Gasteiger partial charge is 0.348 e. The Hall–Kier alpha value is -1.65. The number of thiophene rings is 1. The van der Waals surface area contributed by atoms with Crippen molar-refractivity contribution in [2.45, 2.75) is 19.4 Å². The van der Waals surface area contributed by atoms with Gasteiger partial charge in [-0.25, -0.2) is 0 Å². The maximum absolute atomic E-state index is 12.1. The zero-order chi connectivity index (χ0) is 14.4. The Bertz CT molecular complexity index is 525. The highest BCUT2D eigenvalue weighted by atomic mass is 32.1. The molecule has 2 rings (SSSR count). The van der Waals surface area contributed by atoms with Gasteiger partial charge in [0.25, 0.3) is 0 Å². The van der Waals surface area contributed by atoms with Gasteiger partial charge in [0.2, 0.25) is 5.91 Å². The van der Waals surface area contributed by atoms with Crippen LogP contribution in [0.25, 0.3) is 0 Å². The van der Waals surface area contributed by atoms with Crippen LogP contribution in [0, 0.1) is 5.92 Å². The van der Waals surface area contributed by atoms with Crippen molar-refractivity contribution in [3.63, 3.8) is 0 Å². The molecule has 0 aliphatic rings. The van der Waals surface area contributed by atoms with Crippen molar-refractivity contribution in [3.8, 4) is 0 Å². The van der Waals surface area contributed by atoms with Crippen molar-refractivity contribution in [3.05, 3.63) is 58.3 Å². The van der Waals surface area contributed by atoms with E-state index in [-0.39, 0.29) is 17.9 Å². The minimum absolute atomic E-state index is 0.0129. The molecular weight excluding hydrogens is 268 g/mol.